The average molecular weight is 520 g/mol. The normalized spacial score (nSPS) is 11.9. The predicted octanol–water partition coefficient (Wildman–Crippen LogP) is 4.77. The number of hydroxylamine groups is 1. The minimum Gasteiger partial charge on any atom is -0.493 e. The zero-order valence-corrected chi connectivity index (χ0v) is 20.8. The molecule has 190 valence electrons. The number of para-hydroxylation sites is 1. The quantitative estimate of drug-likeness (QED) is 0.137. The molecule has 0 aliphatic heterocycles. The molecule has 0 fully saturated rings. The Morgan fingerprint density at radius 3 is 2.62 bits per heavy atom. The van der Waals surface area contributed by atoms with Crippen LogP contribution in [0.5, 0.6) is 11.5 Å². The van der Waals surface area contributed by atoms with Gasteiger partial charge in [-0.15, -0.1) is 0 Å². The molecule has 37 heavy (non-hydrogen) atoms. The first-order valence-electron chi connectivity index (χ1n) is 11.5. The van der Waals surface area contributed by atoms with Gasteiger partial charge in [0.2, 0.25) is 0 Å². The van der Waals surface area contributed by atoms with E-state index in [4.69, 9.17) is 26.3 Å². The summed E-state index contributed by atoms with van der Waals surface area (Å²) in [5, 5.41) is 13.3. The lowest BCUT2D eigenvalue weighted by molar-refractivity contribution is -0.124. The summed E-state index contributed by atoms with van der Waals surface area (Å²) in [6.07, 6.45) is 5.20. The number of carbonyl (C=O) groups is 2. The largest absolute Gasteiger partial charge is 0.493 e. The van der Waals surface area contributed by atoms with Gasteiger partial charge in [0.25, 0.3) is 11.8 Å². The summed E-state index contributed by atoms with van der Waals surface area (Å²) in [7, 11) is 1.52. The average Bonchev–Trinajstić information content (AvgIpc) is 3.33. The maximum absolute atomic E-state index is 13.0. The van der Waals surface area contributed by atoms with Gasteiger partial charge in [0, 0.05) is 33.8 Å². The van der Waals surface area contributed by atoms with Gasteiger partial charge in [-0.25, -0.2) is 5.48 Å². The van der Waals surface area contributed by atoms with Crippen LogP contribution >= 0.6 is 11.6 Å². The Balaban J connectivity index is 1.53. The fourth-order valence-corrected chi connectivity index (χ4v) is 4.02. The van der Waals surface area contributed by atoms with Crippen LogP contribution in [0.4, 0.5) is 0 Å². The Morgan fingerprint density at radius 2 is 1.86 bits per heavy atom. The van der Waals surface area contributed by atoms with Crippen LogP contribution in [0.3, 0.4) is 0 Å². The minimum atomic E-state index is -0.643. The highest BCUT2D eigenvalue weighted by Crippen LogP contribution is 2.29. The zero-order chi connectivity index (χ0) is 26.2. The number of aromatic nitrogens is 1. The van der Waals surface area contributed by atoms with E-state index < -0.39 is 5.91 Å². The lowest BCUT2D eigenvalue weighted by atomic mass is 10.0. The van der Waals surface area contributed by atoms with Gasteiger partial charge in [0.05, 0.1) is 13.2 Å². The van der Waals surface area contributed by atoms with Crippen LogP contribution < -0.4 is 20.3 Å². The summed E-state index contributed by atoms with van der Waals surface area (Å²) >= 11 is 5.97. The third kappa shape index (κ3) is 6.69. The molecule has 4 aromatic rings. The molecule has 0 saturated heterocycles. The second-order valence-corrected chi connectivity index (χ2v) is 8.71. The monoisotopic (exact) mass is 519 g/mol. The van der Waals surface area contributed by atoms with Crippen LogP contribution in [0, 0.1) is 0 Å². The highest BCUT2D eigenvalue weighted by atomic mass is 35.5. The summed E-state index contributed by atoms with van der Waals surface area (Å²) in [5.41, 5.74) is 4.78. The summed E-state index contributed by atoms with van der Waals surface area (Å²) in [4.78, 5) is 27.5. The fourth-order valence-electron chi connectivity index (χ4n) is 3.89. The molecule has 0 radical (unpaired) electrons. The Morgan fingerprint density at radius 1 is 1.08 bits per heavy atom. The van der Waals surface area contributed by atoms with E-state index in [1.54, 1.807) is 47.9 Å². The van der Waals surface area contributed by atoms with Gasteiger partial charge >= 0.3 is 0 Å². The molecule has 4 rings (SSSR count). The maximum Gasteiger partial charge on any atom is 0.267 e. The van der Waals surface area contributed by atoms with Crippen molar-refractivity contribution in [2.45, 2.75) is 12.5 Å². The molecule has 2 amide bonds. The second-order valence-electron chi connectivity index (χ2n) is 8.27. The Kier molecular flexibility index (Phi) is 8.45. The fraction of sp³-hybridized carbons (Fsp3) is 0.143. The summed E-state index contributed by atoms with van der Waals surface area (Å²) in [5.74, 6) is 0.0629. The first-order chi connectivity index (χ1) is 18.0. The smallest absolute Gasteiger partial charge is 0.267 e. The van der Waals surface area contributed by atoms with Crippen molar-refractivity contribution in [1.29, 1.82) is 0 Å². The molecule has 0 bridgehead atoms. The summed E-state index contributed by atoms with van der Waals surface area (Å²) in [6, 6.07) is 19.5. The van der Waals surface area contributed by atoms with E-state index in [0.717, 1.165) is 16.5 Å². The van der Waals surface area contributed by atoms with E-state index in [1.165, 1.54) is 19.3 Å². The molecule has 1 atom stereocenters. The minimum absolute atomic E-state index is 0.178. The zero-order valence-electron chi connectivity index (χ0n) is 20.0. The van der Waals surface area contributed by atoms with E-state index in [9.17, 15) is 9.59 Å². The van der Waals surface area contributed by atoms with Crippen molar-refractivity contribution >= 4 is 40.4 Å². The van der Waals surface area contributed by atoms with Crippen molar-refractivity contribution in [3.05, 3.63) is 101 Å². The molecule has 0 saturated carbocycles. The highest BCUT2D eigenvalue weighted by Gasteiger charge is 2.18. The number of carbonyl (C=O) groups excluding carboxylic acids is 2. The number of rotatable bonds is 10. The number of hydrogen-bond donors (Lipinski definition) is 4. The van der Waals surface area contributed by atoms with Gasteiger partial charge in [-0.3, -0.25) is 14.8 Å². The molecule has 4 N–H and O–H groups in total. The summed E-state index contributed by atoms with van der Waals surface area (Å²) < 4.78 is 11.6. The van der Waals surface area contributed by atoms with Gasteiger partial charge in [-0.1, -0.05) is 35.9 Å². The molecule has 8 nitrogen and oxygen atoms in total. The Bertz CT molecular complexity index is 1420. The number of halogens is 1. The summed E-state index contributed by atoms with van der Waals surface area (Å²) in [6.45, 7) is 0.178. The SMILES string of the molecule is COc1cc(/C=C/C(=O)NO)ccc1OC[C@H](Cc1c[nH]c2ccccc12)NC(=O)c1ccc(Cl)cc1. The van der Waals surface area contributed by atoms with Crippen molar-refractivity contribution in [2.24, 2.45) is 0 Å². The number of H-pyrrole nitrogens is 1. The molecule has 0 aliphatic rings. The lowest BCUT2D eigenvalue weighted by Gasteiger charge is -2.20. The van der Waals surface area contributed by atoms with E-state index in [-0.39, 0.29) is 18.6 Å². The van der Waals surface area contributed by atoms with Crippen LogP contribution in [-0.2, 0) is 11.2 Å². The van der Waals surface area contributed by atoms with Gasteiger partial charge in [0.15, 0.2) is 11.5 Å². The van der Waals surface area contributed by atoms with Gasteiger partial charge in [-0.05, 0) is 66.1 Å². The highest BCUT2D eigenvalue weighted by molar-refractivity contribution is 6.30. The molecule has 0 spiro atoms. The molecular weight excluding hydrogens is 494 g/mol. The maximum atomic E-state index is 13.0. The number of nitrogens with one attached hydrogen (secondary N) is 3. The van der Waals surface area contributed by atoms with E-state index in [0.29, 0.717) is 34.1 Å². The molecular formula is C28H26ClN3O5. The molecule has 1 heterocycles. The standard InChI is InChI=1S/C28H26ClN3O5/c1-36-26-14-18(7-13-27(33)32-35)6-12-25(26)37-17-22(31-28(34)19-8-10-21(29)11-9-19)15-20-16-30-24-5-3-2-4-23(20)24/h2-14,16,22,30,35H,15,17H2,1H3,(H,31,34)(H,32,33)/b13-7+/t22-/m0/s1. The van der Waals surface area contributed by atoms with Gasteiger partial charge in [0.1, 0.15) is 6.61 Å². The van der Waals surface area contributed by atoms with Crippen LogP contribution in [-0.4, -0.2) is 41.8 Å². The van der Waals surface area contributed by atoms with Crippen molar-refractivity contribution in [3.8, 4) is 11.5 Å². The third-order valence-corrected chi connectivity index (χ3v) is 6.00. The van der Waals surface area contributed by atoms with Crippen LogP contribution in [0.25, 0.3) is 17.0 Å². The number of amides is 2. The topological polar surface area (TPSA) is 113 Å². The Labute approximate surface area is 218 Å². The molecule has 1 aromatic heterocycles. The van der Waals surface area contributed by atoms with Crippen molar-refractivity contribution in [2.75, 3.05) is 13.7 Å². The van der Waals surface area contributed by atoms with E-state index >= 15 is 0 Å². The van der Waals surface area contributed by atoms with Gasteiger partial charge in [-0.2, -0.15) is 0 Å². The number of hydrogen-bond acceptors (Lipinski definition) is 5. The molecule has 0 unspecified atom stereocenters. The van der Waals surface area contributed by atoms with Gasteiger partial charge < -0.3 is 19.8 Å². The van der Waals surface area contributed by atoms with Crippen LogP contribution in [0.15, 0.2) is 79.0 Å². The van der Waals surface area contributed by atoms with Crippen LogP contribution in [0.2, 0.25) is 5.02 Å². The molecule has 0 aliphatic carbocycles. The van der Waals surface area contributed by atoms with E-state index in [2.05, 4.69) is 10.3 Å². The first kappa shape index (κ1) is 25.8. The first-order valence-corrected chi connectivity index (χ1v) is 11.9. The number of methoxy groups -OCH3 is 1. The van der Waals surface area contributed by atoms with Crippen molar-refractivity contribution in [3.63, 3.8) is 0 Å². The number of benzene rings is 3. The molecule has 9 heteroatoms. The van der Waals surface area contributed by atoms with Crippen LogP contribution in [0.1, 0.15) is 21.5 Å². The second kappa shape index (κ2) is 12.1. The number of aromatic amines is 1. The van der Waals surface area contributed by atoms with E-state index in [1.807, 2.05) is 30.5 Å². The number of ether oxygens (including phenoxy) is 2. The molecule has 3 aromatic carbocycles. The number of fused-ring (bicyclic) bond motifs is 1. The third-order valence-electron chi connectivity index (χ3n) is 5.75. The lowest BCUT2D eigenvalue weighted by Crippen LogP contribution is -2.40. The van der Waals surface area contributed by atoms with Crippen molar-refractivity contribution in [1.82, 2.24) is 15.8 Å². The Hall–Kier alpha value is -4.27. The predicted molar refractivity (Wildman–Crippen MR) is 142 cm³/mol. The van der Waals surface area contributed by atoms with Crippen molar-refractivity contribution < 1.29 is 24.3 Å².